The molecule has 7 heteroatoms. The third-order valence-corrected chi connectivity index (χ3v) is 2.71. The van der Waals surface area contributed by atoms with Gasteiger partial charge in [-0.2, -0.15) is 0 Å². The Bertz CT molecular complexity index is 594. The molecule has 0 amide bonds. The van der Waals surface area contributed by atoms with Crippen LogP contribution in [0.4, 0.5) is 5.69 Å². The second-order valence-electron chi connectivity index (χ2n) is 3.80. The zero-order chi connectivity index (χ0) is 15.3. The number of nitro groups is 1. The average Bonchev–Trinajstić information content (AvgIpc) is 2.37. The molecule has 0 aliphatic heterocycles. The highest BCUT2D eigenvalue weighted by atomic mass is 35.5. The number of nitro benzene ring substituents is 1. The Kier molecular flexibility index (Phi) is 5.40. The molecule has 0 radical (unpaired) electrons. The van der Waals surface area contributed by atoms with Crippen molar-refractivity contribution < 1.29 is 19.2 Å². The van der Waals surface area contributed by atoms with Gasteiger partial charge in [0.1, 0.15) is 5.57 Å². The van der Waals surface area contributed by atoms with Crippen molar-refractivity contribution in [2.45, 2.75) is 13.8 Å². The molecule has 0 saturated heterocycles. The fraction of sp³-hybridized carbons (Fsp3) is 0.231. The van der Waals surface area contributed by atoms with Gasteiger partial charge in [0.05, 0.1) is 11.5 Å². The predicted octanol–water partition coefficient (Wildman–Crippen LogP) is 2.78. The fourth-order valence-electron chi connectivity index (χ4n) is 1.42. The lowest BCUT2D eigenvalue weighted by molar-refractivity contribution is -0.384. The summed E-state index contributed by atoms with van der Waals surface area (Å²) in [4.78, 5) is 33.2. The summed E-state index contributed by atoms with van der Waals surface area (Å²) < 4.78 is 4.75. The molecule has 1 rings (SSSR count). The van der Waals surface area contributed by atoms with E-state index in [1.54, 1.807) is 6.92 Å². The van der Waals surface area contributed by atoms with Crippen LogP contribution in [-0.2, 0) is 14.3 Å². The highest BCUT2D eigenvalue weighted by Gasteiger charge is 2.17. The topological polar surface area (TPSA) is 86.5 Å². The maximum atomic E-state index is 11.6. The minimum Gasteiger partial charge on any atom is -0.462 e. The molecule has 0 atom stereocenters. The van der Waals surface area contributed by atoms with E-state index in [0.29, 0.717) is 0 Å². The highest BCUT2D eigenvalue weighted by molar-refractivity contribution is 6.32. The third kappa shape index (κ3) is 3.89. The number of carbonyl (C=O) groups is 2. The number of carbonyl (C=O) groups excluding carboxylic acids is 2. The Labute approximate surface area is 120 Å². The molecule has 1 aromatic rings. The molecule has 0 bridgehead atoms. The van der Waals surface area contributed by atoms with Gasteiger partial charge in [-0.25, -0.2) is 4.79 Å². The van der Waals surface area contributed by atoms with Gasteiger partial charge in [-0.1, -0.05) is 11.6 Å². The van der Waals surface area contributed by atoms with E-state index >= 15 is 0 Å². The summed E-state index contributed by atoms with van der Waals surface area (Å²) in [6, 6.07) is 3.75. The molecule has 0 N–H and O–H groups in total. The first-order valence-electron chi connectivity index (χ1n) is 5.70. The maximum Gasteiger partial charge on any atom is 0.341 e. The van der Waals surface area contributed by atoms with Crippen molar-refractivity contribution >= 4 is 35.1 Å². The molecule has 20 heavy (non-hydrogen) atoms. The number of nitrogens with zero attached hydrogens (tertiary/aromatic N) is 1. The van der Waals surface area contributed by atoms with E-state index in [0.717, 1.165) is 0 Å². The SMILES string of the molecule is CCOC(=O)/C(=C\c1cc([N+](=O)[O-])ccc1Cl)C(C)=O. The molecule has 0 fully saturated rings. The maximum absolute atomic E-state index is 11.6. The van der Waals surface area contributed by atoms with E-state index < -0.39 is 16.7 Å². The highest BCUT2D eigenvalue weighted by Crippen LogP contribution is 2.24. The van der Waals surface area contributed by atoms with Gasteiger partial charge < -0.3 is 4.74 Å². The van der Waals surface area contributed by atoms with Crippen molar-refractivity contribution in [1.29, 1.82) is 0 Å². The zero-order valence-electron chi connectivity index (χ0n) is 10.9. The van der Waals surface area contributed by atoms with Gasteiger partial charge in [0.2, 0.25) is 0 Å². The first-order valence-corrected chi connectivity index (χ1v) is 6.08. The molecule has 0 aliphatic carbocycles. The van der Waals surface area contributed by atoms with Crippen LogP contribution in [0.2, 0.25) is 5.02 Å². The summed E-state index contributed by atoms with van der Waals surface area (Å²) in [5.74, 6) is -1.30. The second kappa shape index (κ2) is 6.81. The van der Waals surface area contributed by atoms with Crippen LogP contribution < -0.4 is 0 Å². The smallest absolute Gasteiger partial charge is 0.341 e. The average molecular weight is 298 g/mol. The summed E-state index contributed by atoms with van der Waals surface area (Å²) in [7, 11) is 0. The van der Waals surface area contributed by atoms with Gasteiger partial charge in [0.15, 0.2) is 5.78 Å². The monoisotopic (exact) mass is 297 g/mol. The van der Waals surface area contributed by atoms with Crippen LogP contribution in [-0.4, -0.2) is 23.3 Å². The molecule has 0 aliphatic rings. The van der Waals surface area contributed by atoms with Crippen molar-refractivity contribution in [2.24, 2.45) is 0 Å². The van der Waals surface area contributed by atoms with E-state index in [4.69, 9.17) is 16.3 Å². The number of benzene rings is 1. The molecule has 0 heterocycles. The first kappa shape index (κ1) is 15.8. The summed E-state index contributed by atoms with van der Waals surface area (Å²) >= 11 is 5.90. The van der Waals surface area contributed by atoms with E-state index in [2.05, 4.69) is 0 Å². The molecule has 1 aromatic carbocycles. The summed E-state index contributed by atoms with van der Waals surface area (Å²) in [6.45, 7) is 2.93. The van der Waals surface area contributed by atoms with Gasteiger partial charge in [-0.05, 0) is 26.0 Å². The Morgan fingerprint density at radius 2 is 2.10 bits per heavy atom. The quantitative estimate of drug-likeness (QED) is 0.208. The number of non-ortho nitro benzene ring substituents is 1. The van der Waals surface area contributed by atoms with Crippen LogP contribution in [0.5, 0.6) is 0 Å². The Balaban J connectivity index is 3.30. The molecule has 0 saturated carbocycles. The van der Waals surface area contributed by atoms with Crippen molar-refractivity contribution in [3.63, 3.8) is 0 Å². The molecular formula is C13H12ClNO5. The van der Waals surface area contributed by atoms with Gasteiger partial charge in [0.25, 0.3) is 5.69 Å². The number of esters is 1. The van der Waals surface area contributed by atoms with Crippen LogP contribution in [0.1, 0.15) is 19.4 Å². The Hall–Kier alpha value is -2.21. The molecule has 0 unspecified atom stereocenters. The van der Waals surface area contributed by atoms with Gasteiger partial charge in [0, 0.05) is 22.7 Å². The van der Waals surface area contributed by atoms with Crippen LogP contribution in [0, 0.1) is 10.1 Å². The molecule has 0 aromatic heterocycles. The lowest BCUT2D eigenvalue weighted by Crippen LogP contribution is -2.13. The van der Waals surface area contributed by atoms with Crippen LogP contribution in [0.15, 0.2) is 23.8 Å². The summed E-state index contributed by atoms with van der Waals surface area (Å²) in [5.41, 5.74) is -0.194. The van der Waals surface area contributed by atoms with E-state index in [9.17, 15) is 19.7 Å². The number of ether oxygens (including phenoxy) is 1. The van der Waals surface area contributed by atoms with Crippen LogP contribution in [0.25, 0.3) is 6.08 Å². The lowest BCUT2D eigenvalue weighted by Gasteiger charge is -2.04. The Morgan fingerprint density at radius 1 is 1.45 bits per heavy atom. The van der Waals surface area contributed by atoms with Crippen LogP contribution in [0.3, 0.4) is 0 Å². The number of ketones is 1. The van der Waals surface area contributed by atoms with Gasteiger partial charge >= 0.3 is 5.97 Å². The van der Waals surface area contributed by atoms with Crippen molar-refractivity contribution in [3.05, 3.63) is 44.5 Å². The number of hydrogen-bond acceptors (Lipinski definition) is 5. The van der Waals surface area contributed by atoms with E-state index in [-0.39, 0.29) is 28.5 Å². The first-order chi connectivity index (χ1) is 9.36. The van der Waals surface area contributed by atoms with Gasteiger partial charge in [-0.15, -0.1) is 0 Å². The standard InChI is InChI=1S/C13H12ClNO5/c1-3-20-13(17)11(8(2)16)7-9-6-10(15(18)19)4-5-12(9)14/h4-7H,3H2,1-2H3/b11-7-. The number of halogens is 1. The summed E-state index contributed by atoms with van der Waals surface area (Å²) in [6.07, 6.45) is 1.19. The number of hydrogen-bond donors (Lipinski definition) is 0. The molecule has 0 spiro atoms. The lowest BCUT2D eigenvalue weighted by atomic mass is 10.1. The van der Waals surface area contributed by atoms with E-state index in [1.807, 2.05) is 0 Å². The fourth-order valence-corrected chi connectivity index (χ4v) is 1.60. The number of Topliss-reactive ketones (excluding diaryl/α,β-unsaturated/α-hetero) is 1. The van der Waals surface area contributed by atoms with E-state index in [1.165, 1.54) is 31.2 Å². The normalized spacial score (nSPS) is 11.1. The van der Waals surface area contributed by atoms with Crippen molar-refractivity contribution in [3.8, 4) is 0 Å². The Morgan fingerprint density at radius 3 is 2.60 bits per heavy atom. The van der Waals surface area contributed by atoms with Crippen molar-refractivity contribution in [1.82, 2.24) is 0 Å². The minimum absolute atomic E-state index is 0.117. The third-order valence-electron chi connectivity index (χ3n) is 2.36. The van der Waals surface area contributed by atoms with Crippen molar-refractivity contribution in [2.75, 3.05) is 6.61 Å². The minimum atomic E-state index is -0.789. The zero-order valence-corrected chi connectivity index (χ0v) is 11.6. The number of rotatable bonds is 5. The van der Waals surface area contributed by atoms with Gasteiger partial charge in [-0.3, -0.25) is 14.9 Å². The molecular weight excluding hydrogens is 286 g/mol. The molecule has 106 valence electrons. The summed E-state index contributed by atoms with van der Waals surface area (Å²) in [5, 5.41) is 10.9. The van der Waals surface area contributed by atoms with Crippen LogP contribution >= 0.6 is 11.6 Å². The largest absolute Gasteiger partial charge is 0.462 e. The second-order valence-corrected chi connectivity index (χ2v) is 4.20. The predicted molar refractivity (Wildman–Crippen MR) is 73.4 cm³/mol. The molecule has 6 nitrogen and oxygen atoms in total.